The van der Waals surface area contributed by atoms with Gasteiger partial charge in [0.15, 0.2) is 0 Å². The first-order chi connectivity index (χ1) is 11.2. The van der Waals surface area contributed by atoms with Crippen molar-refractivity contribution >= 4 is 23.5 Å². The van der Waals surface area contributed by atoms with Crippen LogP contribution in [0.4, 0.5) is 5.69 Å². The molecule has 0 atom stereocenters. The van der Waals surface area contributed by atoms with Gasteiger partial charge in [-0.1, -0.05) is 31.4 Å². The van der Waals surface area contributed by atoms with Gasteiger partial charge in [-0.3, -0.25) is 10.2 Å². The van der Waals surface area contributed by atoms with Crippen LogP contribution in [0.15, 0.2) is 40.4 Å². The van der Waals surface area contributed by atoms with Crippen LogP contribution >= 0.6 is 11.6 Å². The molecule has 0 radical (unpaired) electrons. The number of halogens is 1. The van der Waals surface area contributed by atoms with Crippen LogP contribution in [0.5, 0.6) is 5.75 Å². The smallest absolute Gasteiger partial charge is 0.285 e. The lowest BCUT2D eigenvalue weighted by atomic mass is 10.2. The predicted molar refractivity (Wildman–Crippen MR) is 92.5 cm³/mol. The van der Waals surface area contributed by atoms with E-state index in [9.17, 15) is 4.79 Å². The number of unbranched alkanes of at least 4 members (excludes halogenated alkanes) is 2. The molecule has 2 rings (SSSR count). The fourth-order valence-corrected chi connectivity index (χ4v) is 1.96. The average Bonchev–Trinajstić information content (AvgIpc) is 2.57. The Hall–Kier alpha value is -2.34. The van der Waals surface area contributed by atoms with Crippen LogP contribution in [0.25, 0.3) is 0 Å². The number of aromatic nitrogens is 2. The first kappa shape index (κ1) is 17.0. The number of hydrazone groups is 1. The van der Waals surface area contributed by atoms with Crippen molar-refractivity contribution in [1.82, 2.24) is 10.2 Å². The summed E-state index contributed by atoms with van der Waals surface area (Å²) < 4.78 is 5.64. The zero-order valence-electron chi connectivity index (χ0n) is 12.9. The fraction of sp³-hybridized carbons (Fsp3) is 0.312. The molecule has 23 heavy (non-hydrogen) atoms. The Labute approximate surface area is 139 Å². The van der Waals surface area contributed by atoms with Crippen LogP contribution in [0.1, 0.15) is 31.7 Å². The molecule has 0 bridgehead atoms. The number of H-pyrrole nitrogens is 1. The van der Waals surface area contributed by atoms with Gasteiger partial charge in [0, 0.05) is 0 Å². The number of hydrogen-bond acceptors (Lipinski definition) is 5. The minimum atomic E-state index is -0.462. The molecule has 0 unspecified atom stereocenters. The molecule has 0 aliphatic rings. The van der Waals surface area contributed by atoms with Crippen LogP contribution in [0.2, 0.25) is 5.02 Å². The van der Waals surface area contributed by atoms with Gasteiger partial charge in [-0.15, -0.1) is 0 Å². The summed E-state index contributed by atoms with van der Waals surface area (Å²) in [4.78, 5) is 11.3. The van der Waals surface area contributed by atoms with Gasteiger partial charge in [0.25, 0.3) is 5.56 Å². The third kappa shape index (κ3) is 5.41. The molecule has 0 fully saturated rings. The highest BCUT2D eigenvalue weighted by Crippen LogP contribution is 2.14. The maximum absolute atomic E-state index is 11.3. The highest BCUT2D eigenvalue weighted by Gasteiger charge is 2.02. The van der Waals surface area contributed by atoms with E-state index in [0.29, 0.717) is 5.69 Å². The summed E-state index contributed by atoms with van der Waals surface area (Å²) in [6, 6.07) is 7.60. The summed E-state index contributed by atoms with van der Waals surface area (Å²) in [5.41, 5.74) is 3.47. The van der Waals surface area contributed by atoms with Crippen LogP contribution in [-0.2, 0) is 0 Å². The number of nitrogens with zero attached hydrogens (tertiary/aromatic N) is 2. The first-order valence-electron chi connectivity index (χ1n) is 7.46. The van der Waals surface area contributed by atoms with E-state index in [4.69, 9.17) is 16.3 Å². The topological polar surface area (TPSA) is 79.4 Å². The molecule has 0 spiro atoms. The quantitative estimate of drug-likeness (QED) is 0.440. The molecule has 122 valence electrons. The number of rotatable bonds is 8. The van der Waals surface area contributed by atoms with Crippen molar-refractivity contribution in [1.29, 1.82) is 0 Å². The van der Waals surface area contributed by atoms with E-state index >= 15 is 0 Å². The Kier molecular flexibility index (Phi) is 6.62. The predicted octanol–water partition coefficient (Wildman–Crippen LogP) is 3.44. The SMILES string of the molecule is CCCCCOc1ccc(/C=N/Nc2cn[nH]c(=O)c2Cl)cc1. The molecule has 0 aliphatic heterocycles. The van der Waals surface area contributed by atoms with Crippen molar-refractivity contribution in [2.24, 2.45) is 5.10 Å². The number of benzene rings is 1. The number of ether oxygens (including phenoxy) is 1. The third-order valence-electron chi connectivity index (χ3n) is 3.09. The van der Waals surface area contributed by atoms with Gasteiger partial charge < -0.3 is 4.74 Å². The minimum absolute atomic E-state index is 0.0213. The van der Waals surface area contributed by atoms with Crippen molar-refractivity contribution in [2.45, 2.75) is 26.2 Å². The van der Waals surface area contributed by atoms with Crippen molar-refractivity contribution in [3.8, 4) is 5.75 Å². The van der Waals surface area contributed by atoms with E-state index in [2.05, 4.69) is 27.6 Å². The van der Waals surface area contributed by atoms with Crippen molar-refractivity contribution in [3.63, 3.8) is 0 Å². The van der Waals surface area contributed by atoms with Gasteiger partial charge >= 0.3 is 0 Å². The van der Waals surface area contributed by atoms with Crippen molar-refractivity contribution in [2.75, 3.05) is 12.0 Å². The van der Waals surface area contributed by atoms with Gasteiger partial charge in [0.2, 0.25) is 0 Å². The summed E-state index contributed by atoms with van der Waals surface area (Å²) in [5.74, 6) is 0.841. The standard InChI is InChI=1S/C16H19ClN4O2/c1-2-3-4-9-23-13-7-5-12(6-8-13)10-18-20-14-11-19-21-16(22)15(14)17/h5-8,10-11H,2-4,9H2,1H3,(H2,20,21,22)/b18-10+. The second kappa shape index (κ2) is 8.95. The summed E-state index contributed by atoms with van der Waals surface area (Å²) in [6.07, 6.45) is 6.44. The van der Waals surface area contributed by atoms with Crippen molar-refractivity contribution < 1.29 is 4.74 Å². The largest absolute Gasteiger partial charge is 0.494 e. The molecule has 7 heteroatoms. The molecule has 0 saturated heterocycles. The van der Waals surface area contributed by atoms with Crippen LogP contribution in [0.3, 0.4) is 0 Å². The molecule has 1 aromatic carbocycles. The van der Waals surface area contributed by atoms with Gasteiger partial charge in [0.1, 0.15) is 16.5 Å². The molecule has 1 heterocycles. The Morgan fingerprint density at radius 1 is 1.35 bits per heavy atom. The molecule has 0 saturated carbocycles. The number of aromatic amines is 1. The van der Waals surface area contributed by atoms with Gasteiger partial charge in [-0.25, -0.2) is 5.10 Å². The minimum Gasteiger partial charge on any atom is -0.494 e. The van der Waals surface area contributed by atoms with Gasteiger partial charge in [-0.2, -0.15) is 10.2 Å². The van der Waals surface area contributed by atoms with Gasteiger partial charge in [0.05, 0.1) is 19.0 Å². The Morgan fingerprint density at radius 3 is 2.87 bits per heavy atom. The molecule has 0 aliphatic carbocycles. The summed E-state index contributed by atoms with van der Waals surface area (Å²) in [5, 5.41) is 9.94. The fourth-order valence-electron chi connectivity index (χ4n) is 1.83. The second-order valence-corrected chi connectivity index (χ2v) is 5.30. The normalized spacial score (nSPS) is 10.9. The third-order valence-corrected chi connectivity index (χ3v) is 3.47. The van der Waals surface area contributed by atoms with E-state index in [0.717, 1.165) is 24.3 Å². The molecular formula is C16H19ClN4O2. The Bertz CT molecular complexity index is 698. The summed E-state index contributed by atoms with van der Waals surface area (Å²) >= 11 is 5.83. The Morgan fingerprint density at radius 2 is 2.13 bits per heavy atom. The number of hydrogen-bond donors (Lipinski definition) is 2. The van der Waals surface area contributed by atoms with Crippen molar-refractivity contribution in [3.05, 3.63) is 51.4 Å². The van der Waals surface area contributed by atoms with Crippen LogP contribution in [0, 0.1) is 0 Å². The molecule has 1 aromatic heterocycles. The molecule has 6 nitrogen and oxygen atoms in total. The lowest BCUT2D eigenvalue weighted by molar-refractivity contribution is 0.306. The summed E-state index contributed by atoms with van der Waals surface area (Å²) in [7, 11) is 0. The van der Waals surface area contributed by atoms with Crippen LogP contribution in [-0.4, -0.2) is 23.0 Å². The van der Waals surface area contributed by atoms with E-state index < -0.39 is 5.56 Å². The maximum Gasteiger partial charge on any atom is 0.285 e. The Balaban J connectivity index is 1.88. The lowest BCUT2D eigenvalue weighted by Crippen LogP contribution is -2.10. The zero-order chi connectivity index (χ0) is 16.5. The molecule has 2 N–H and O–H groups in total. The van der Waals surface area contributed by atoms with E-state index in [1.807, 2.05) is 24.3 Å². The second-order valence-electron chi connectivity index (χ2n) is 4.92. The van der Waals surface area contributed by atoms with E-state index in [-0.39, 0.29) is 5.02 Å². The summed E-state index contributed by atoms with van der Waals surface area (Å²) in [6.45, 7) is 2.90. The van der Waals surface area contributed by atoms with E-state index in [1.165, 1.54) is 19.0 Å². The van der Waals surface area contributed by atoms with Gasteiger partial charge in [-0.05, 0) is 36.2 Å². The highest BCUT2D eigenvalue weighted by atomic mass is 35.5. The monoisotopic (exact) mass is 334 g/mol. The zero-order valence-corrected chi connectivity index (χ0v) is 13.6. The lowest BCUT2D eigenvalue weighted by Gasteiger charge is -2.05. The first-order valence-corrected chi connectivity index (χ1v) is 7.83. The maximum atomic E-state index is 11.3. The number of nitrogens with one attached hydrogen (secondary N) is 2. The molecular weight excluding hydrogens is 316 g/mol. The van der Waals surface area contributed by atoms with Crippen LogP contribution < -0.4 is 15.7 Å². The average molecular weight is 335 g/mol. The number of anilines is 1. The molecule has 2 aromatic rings. The van der Waals surface area contributed by atoms with E-state index in [1.54, 1.807) is 6.21 Å². The highest BCUT2D eigenvalue weighted by molar-refractivity contribution is 6.32. The molecule has 0 amide bonds.